The Hall–Kier alpha value is -3.92. The molecule has 5 aromatic rings. The van der Waals surface area contributed by atoms with E-state index in [0.717, 1.165) is 27.4 Å². The number of amides is 1. The maximum atomic E-state index is 12.9. The topological polar surface area (TPSA) is 55.1 Å². The number of anilines is 1. The number of carbonyl (C=O) groups is 1. The summed E-state index contributed by atoms with van der Waals surface area (Å²) < 4.78 is 5.83. The molecule has 134 valence electrons. The zero-order valence-electron chi connectivity index (χ0n) is 14.9. The van der Waals surface area contributed by atoms with E-state index in [9.17, 15) is 4.79 Å². The first-order valence-corrected chi connectivity index (χ1v) is 9.03. The van der Waals surface area contributed by atoms with Crippen LogP contribution in [-0.2, 0) is 0 Å². The quantitative estimate of drug-likeness (QED) is 0.433. The summed E-state index contributed by atoms with van der Waals surface area (Å²) in [4.78, 5) is 17.4. The predicted octanol–water partition coefficient (Wildman–Crippen LogP) is 5.90. The molecule has 0 aliphatic rings. The van der Waals surface area contributed by atoms with Crippen molar-refractivity contribution in [3.8, 4) is 11.5 Å². The molecule has 0 atom stereocenters. The van der Waals surface area contributed by atoms with Crippen LogP contribution in [0, 0.1) is 0 Å². The van der Waals surface area contributed by atoms with Crippen LogP contribution in [0.1, 0.15) is 10.4 Å². The van der Waals surface area contributed by atoms with Crippen molar-refractivity contribution < 1.29 is 9.21 Å². The number of hydrogen-bond acceptors (Lipinski definition) is 3. The van der Waals surface area contributed by atoms with Gasteiger partial charge in [0.2, 0.25) is 5.89 Å². The number of hydrogen-bond donors (Lipinski definition) is 1. The van der Waals surface area contributed by atoms with Gasteiger partial charge in [0.1, 0.15) is 5.52 Å². The van der Waals surface area contributed by atoms with Crippen molar-refractivity contribution >= 4 is 33.5 Å². The Morgan fingerprint density at radius 3 is 2.54 bits per heavy atom. The zero-order chi connectivity index (χ0) is 18.9. The molecule has 4 aromatic carbocycles. The third-order valence-electron chi connectivity index (χ3n) is 4.70. The summed E-state index contributed by atoms with van der Waals surface area (Å²) in [5, 5.41) is 4.95. The van der Waals surface area contributed by atoms with Crippen LogP contribution in [0.3, 0.4) is 0 Å². The van der Waals surface area contributed by atoms with Crippen LogP contribution in [0.15, 0.2) is 95.4 Å². The minimum Gasteiger partial charge on any atom is -0.436 e. The van der Waals surface area contributed by atoms with Crippen molar-refractivity contribution in [3.63, 3.8) is 0 Å². The van der Waals surface area contributed by atoms with E-state index < -0.39 is 0 Å². The first-order chi connectivity index (χ1) is 13.8. The molecule has 0 saturated heterocycles. The molecule has 1 heterocycles. The van der Waals surface area contributed by atoms with E-state index >= 15 is 0 Å². The van der Waals surface area contributed by atoms with Gasteiger partial charge in [-0.15, -0.1) is 0 Å². The van der Waals surface area contributed by atoms with E-state index in [2.05, 4.69) is 10.3 Å². The minimum absolute atomic E-state index is 0.147. The van der Waals surface area contributed by atoms with E-state index in [1.165, 1.54) is 0 Å². The number of benzene rings is 4. The summed E-state index contributed by atoms with van der Waals surface area (Å²) in [6.07, 6.45) is 0. The van der Waals surface area contributed by atoms with Crippen molar-refractivity contribution in [2.24, 2.45) is 0 Å². The number of rotatable bonds is 3. The number of aromatic nitrogens is 1. The molecule has 1 aromatic heterocycles. The van der Waals surface area contributed by atoms with Crippen molar-refractivity contribution in [1.29, 1.82) is 0 Å². The second-order valence-corrected chi connectivity index (χ2v) is 6.55. The van der Waals surface area contributed by atoms with Crippen LogP contribution in [-0.4, -0.2) is 10.9 Å². The van der Waals surface area contributed by atoms with E-state index in [1.807, 2.05) is 91.0 Å². The monoisotopic (exact) mass is 364 g/mol. The van der Waals surface area contributed by atoms with E-state index in [0.29, 0.717) is 17.1 Å². The number of nitrogens with one attached hydrogen (secondary N) is 1. The predicted molar refractivity (Wildman–Crippen MR) is 111 cm³/mol. The second kappa shape index (κ2) is 6.67. The molecule has 4 heteroatoms. The zero-order valence-corrected chi connectivity index (χ0v) is 14.9. The molecule has 0 unspecified atom stereocenters. The smallest absolute Gasteiger partial charge is 0.256 e. The van der Waals surface area contributed by atoms with Gasteiger partial charge in [0.05, 0.1) is 0 Å². The molecule has 1 amide bonds. The van der Waals surface area contributed by atoms with Crippen LogP contribution in [0.2, 0.25) is 0 Å². The lowest BCUT2D eigenvalue weighted by Crippen LogP contribution is -2.12. The maximum absolute atomic E-state index is 12.9. The highest BCUT2D eigenvalue weighted by Crippen LogP contribution is 2.27. The first kappa shape index (κ1) is 16.3. The molecule has 0 aliphatic heterocycles. The van der Waals surface area contributed by atoms with Crippen molar-refractivity contribution in [2.45, 2.75) is 0 Å². The summed E-state index contributed by atoms with van der Waals surface area (Å²) in [7, 11) is 0. The average Bonchev–Trinajstić information content (AvgIpc) is 3.18. The van der Waals surface area contributed by atoms with Crippen LogP contribution < -0.4 is 5.32 Å². The first-order valence-electron chi connectivity index (χ1n) is 9.03. The highest BCUT2D eigenvalue weighted by atomic mass is 16.3. The Labute approximate surface area is 161 Å². The van der Waals surface area contributed by atoms with Crippen molar-refractivity contribution in [2.75, 3.05) is 5.32 Å². The number of carbonyl (C=O) groups excluding carboxylic acids is 1. The number of nitrogens with zero attached hydrogens (tertiary/aromatic N) is 1. The highest BCUT2D eigenvalue weighted by molar-refractivity contribution is 6.13. The average molecular weight is 364 g/mol. The minimum atomic E-state index is -0.147. The number of para-hydroxylation sites is 2. The molecule has 0 bridgehead atoms. The van der Waals surface area contributed by atoms with Gasteiger partial charge in [-0.25, -0.2) is 4.98 Å². The Bertz CT molecular complexity index is 1280. The molecule has 28 heavy (non-hydrogen) atoms. The van der Waals surface area contributed by atoms with E-state index in [-0.39, 0.29) is 5.91 Å². The summed E-state index contributed by atoms with van der Waals surface area (Å²) in [5.41, 5.74) is 3.69. The van der Waals surface area contributed by atoms with Gasteiger partial charge in [-0.05, 0) is 47.2 Å². The fourth-order valence-corrected chi connectivity index (χ4v) is 3.35. The molecular weight excluding hydrogens is 348 g/mol. The Kier molecular flexibility index (Phi) is 3.87. The second-order valence-electron chi connectivity index (χ2n) is 6.55. The lowest BCUT2D eigenvalue weighted by molar-refractivity contribution is 0.102. The Morgan fingerprint density at radius 2 is 1.61 bits per heavy atom. The fraction of sp³-hybridized carbons (Fsp3) is 0. The van der Waals surface area contributed by atoms with E-state index in [1.54, 1.807) is 0 Å². The summed E-state index contributed by atoms with van der Waals surface area (Å²) >= 11 is 0. The number of fused-ring (bicyclic) bond motifs is 2. The normalized spacial score (nSPS) is 11.0. The molecule has 1 N–H and O–H groups in total. The summed E-state index contributed by atoms with van der Waals surface area (Å²) in [5.74, 6) is 0.383. The Balaban J connectivity index is 1.47. The van der Waals surface area contributed by atoms with Gasteiger partial charge in [-0.1, -0.05) is 54.6 Å². The molecular formula is C24H16N2O2. The van der Waals surface area contributed by atoms with Crippen molar-refractivity contribution in [3.05, 3.63) is 96.6 Å². The molecule has 0 radical (unpaired) electrons. The van der Waals surface area contributed by atoms with Gasteiger partial charge in [0.15, 0.2) is 5.58 Å². The standard InChI is InChI=1S/C24H16N2O2/c27-23(20-12-6-8-16-7-1-2-11-19(16)20)25-18-10-5-9-17(15-18)24-26-21-13-3-4-14-22(21)28-24/h1-15H,(H,25,27). The summed E-state index contributed by atoms with van der Waals surface area (Å²) in [6, 6.07) is 28.7. The van der Waals surface area contributed by atoms with Gasteiger partial charge < -0.3 is 9.73 Å². The molecule has 0 aliphatic carbocycles. The van der Waals surface area contributed by atoms with Crippen LogP contribution >= 0.6 is 0 Å². The van der Waals surface area contributed by atoms with Crippen LogP contribution in [0.4, 0.5) is 5.69 Å². The lowest BCUT2D eigenvalue weighted by atomic mass is 10.0. The van der Waals surface area contributed by atoms with Crippen molar-refractivity contribution in [1.82, 2.24) is 4.98 Å². The van der Waals surface area contributed by atoms with Crippen LogP contribution in [0.5, 0.6) is 0 Å². The third kappa shape index (κ3) is 2.91. The molecule has 0 fully saturated rings. The largest absolute Gasteiger partial charge is 0.436 e. The molecule has 5 rings (SSSR count). The SMILES string of the molecule is O=C(Nc1cccc(-c2nc3ccccc3o2)c1)c1cccc2ccccc12. The van der Waals surface area contributed by atoms with E-state index in [4.69, 9.17) is 4.42 Å². The highest BCUT2D eigenvalue weighted by Gasteiger charge is 2.12. The summed E-state index contributed by atoms with van der Waals surface area (Å²) in [6.45, 7) is 0. The van der Waals surface area contributed by atoms with Gasteiger partial charge in [0, 0.05) is 16.8 Å². The molecule has 0 saturated carbocycles. The van der Waals surface area contributed by atoms with Gasteiger partial charge in [-0.2, -0.15) is 0 Å². The third-order valence-corrected chi connectivity index (χ3v) is 4.70. The maximum Gasteiger partial charge on any atom is 0.256 e. The molecule has 4 nitrogen and oxygen atoms in total. The number of oxazole rings is 1. The fourth-order valence-electron chi connectivity index (χ4n) is 3.35. The van der Waals surface area contributed by atoms with Gasteiger partial charge in [-0.3, -0.25) is 4.79 Å². The lowest BCUT2D eigenvalue weighted by Gasteiger charge is -2.09. The van der Waals surface area contributed by atoms with Gasteiger partial charge in [0.25, 0.3) is 5.91 Å². The van der Waals surface area contributed by atoms with Gasteiger partial charge >= 0.3 is 0 Å². The Morgan fingerprint density at radius 1 is 0.821 bits per heavy atom. The molecule has 0 spiro atoms. The van der Waals surface area contributed by atoms with Crippen LogP contribution in [0.25, 0.3) is 33.3 Å².